The molecule has 1 heterocycles. The van der Waals surface area contributed by atoms with E-state index in [2.05, 4.69) is 48.1 Å². The lowest BCUT2D eigenvalue weighted by atomic mass is 9.87. The summed E-state index contributed by atoms with van der Waals surface area (Å²) >= 11 is 0. The third kappa shape index (κ3) is 7.14. The molecule has 0 aliphatic carbocycles. The minimum Gasteiger partial charge on any atom is -0.492 e. The number of rotatable bonds is 5. The van der Waals surface area contributed by atoms with Gasteiger partial charge in [0, 0.05) is 20.1 Å². The van der Waals surface area contributed by atoms with Crippen molar-refractivity contribution in [2.24, 2.45) is 10.9 Å². The second kappa shape index (κ2) is 11.5. The zero-order valence-corrected chi connectivity index (χ0v) is 20.0. The lowest BCUT2D eigenvalue weighted by Crippen LogP contribution is -2.47. The van der Waals surface area contributed by atoms with Crippen LogP contribution in [0.1, 0.15) is 39.2 Å². The van der Waals surface area contributed by atoms with Crippen molar-refractivity contribution in [3.63, 3.8) is 0 Å². The Labute approximate surface area is 186 Å². The van der Waals surface area contributed by atoms with Crippen molar-refractivity contribution in [3.05, 3.63) is 29.8 Å². The normalized spacial score (nSPS) is 15.6. The van der Waals surface area contributed by atoms with Gasteiger partial charge in [-0.2, -0.15) is 0 Å². The van der Waals surface area contributed by atoms with Crippen LogP contribution < -0.4 is 10.1 Å². The average Bonchev–Trinajstić information content (AvgIpc) is 2.67. The maximum absolute atomic E-state index is 11.6. The number of carbonyl (C=O) groups is 1. The fraction of sp³-hybridized carbons (Fsp3) is 0.619. The van der Waals surface area contributed by atoms with Gasteiger partial charge in [0.05, 0.1) is 19.6 Å². The van der Waals surface area contributed by atoms with Crippen LogP contribution in [-0.2, 0) is 14.9 Å². The quantitative estimate of drug-likeness (QED) is 0.219. The number of halogens is 1. The molecule has 0 atom stereocenters. The van der Waals surface area contributed by atoms with Gasteiger partial charge in [0.1, 0.15) is 12.4 Å². The summed E-state index contributed by atoms with van der Waals surface area (Å²) < 4.78 is 10.7. The molecule has 1 aliphatic heterocycles. The molecule has 1 aromatic carbocycles. The third-order valence-electron chi connectivity index (χ3n) is 4.92. The molecule has 28 heavy (non-hydrogen) atoms. The fourth-order valence-electron chi connectivity index (χ4n) is 3.21. The van der Waals surface area contributed by atoms with Gasteiger partial charge in [-0.25, -0.2) is 0 Å². The van der Waals surface area contributed by atoms with Gasteiger partial charge in [0.25, 0.3) is 0 Å². The number of nitrogens with one attached hydrogen (secondary N) is 1. The molecule has 158 valence electrons. The largest absolute Gasteiger partial charge is 0.492 e. The average molecular weight is 503 g/mol. The Kier molecular flexibility index (Phi) is 10.1. The van der Waals surface area contributed by atoms with Gasteiger partial charge < -0.3 is 19.7 Å². The number of benzene rings is 1. The molecule has 6 nitrogen and oxygen atoms in total. The first-order chi connectivity index (χ1) is 12.8. The van der Waals surface area contributed by atoms with Crippen LogP contribution in [0.3, 0.4) is 0 Å². The molecule has 1 aliphatic rings. The summed E-state index contributed by atoms with van der Waals surface area (Å²) in [6.45, 7) is 9.44. The topological polar surface area (TPSA) is 63.2 Å². The molecule has 1 aromatic rings. The van der Waals surface area contributed by atoms with Crippen LogP contribution in [0.15, 0.2) is 29.3 Å². The molecular formula is C21H34IN3O3. The third-order valence-corrected chi connectivity index (χ3v) is 4.92. The predicted octanol–water partition coefficient (Wildman–Crippen LogP) is 3.44. The Morgan fingerprint density at radius 1 is 1.21 bits per heavy atom. The summed E-state index contributed by atoms with van der Waals surface area (Å²) in [5.41, 5.74) is 1.44. The second-order valence-corrected chi connectivity index (χ2v) is 7.88. The maximum Gasteiger partial charge on any atom is 0.308 e. The number of piperidine rings is 1. The van der Waals surface area contributed by atoms with Gasteiger partial charge in [-0.3, -0.25) is 9.79 Å². The fourth-order valence-corrected chi connectivity index (χ4v) is 3.21. The number of hydrogen-bond donors (Lipinski definition) is 1. The van der Waals surface area contributed by atoms with E-state index in [-0.39, 0.29) is 41.3 Å². The lowest BCUT2D eigenvalue weighted by Gasteiger charge is -2.33. The molecule has 0 aromatic heterocycles. The molecule has 0 spiro atoms. The molecule has 7 heteroatoms. The van der Waals surface area contributed by atoms with E-state index in [9.17, 15) is 4.79 Å². The standard InChI is InChI=1S/C21H33N3O3.HI/c1-21(2,3)17-6-8-18(9-7-17)27-15-12-23-20(22-4)24-13-10-16(11-14-24)19(25)26-5;/h6-9,16H,10-15H2,1-5H3,(H,22,23);1H. The van der Waals surface area contributed by atoms with Crippen molar-refractivity contribution in [2.75, 3.05) is 40.4 Å². The van der Waals surface area contributed by atoms with Crippen molar-refractivity contribution in [1.29, 1.82) is 0 Å². The summed E-state index contributed by atoms with van der Waals surface area (Å²) in [5.74, 6) is 1.62. The summed E-state index contributed by atoms with van der Waals surface area (Å²) in [6, 6.07) is 8.28. The molecule has 1 saturated heterocycles. The highest BCUT2D eigenvalue weighted by molar-refractivity contribution is 14.0. The van der Waals surface area contributed by atoms with Gasteiger partial charge in [-0.05, 0) is 36.0 Å². The number of nitrogens with zero attached hydrogens (tertiary/aromatic N) is 2. The first-order valence-electron chi connectivity index (χ1n) is 9.62. The highest BCUT2D eigenvalue weighted by Crippen LogP contribution is 2.24. The number of esters is 1. The van der Waals surface area contributed by atoms with E-state index >= 15 is 0 Å². The second-order valence-electron chi connectivity index (χ2n) is 7.88. The predicted molar refractivity (Wildman–Crippen MR) is 124 cm³/mol. The van der Waals surface area contributed by atoms with E-state index in [1.54, 1.807) is 7.05 Å². The molecule has 2 rings (SSSR count). The van der Waals surface area contributed by atoms with E-state index in [1.165, 1.54) is 12.7 Å². The Morgan fingerprint density at radius 2 is 1.82 bits per heavy atom. The van der Waals surface area contributed by atoms with Crippen LogP contribution in [0.5, 0.6) is 5.75 Å². The summed E-state index contributed by atoms with van der Waals surface area (Å²) in [7, 11) is 3.23. The minimum absolute atomic E-state index is 0. The number of carbonyl (C=O) groups excluding carboxylic acids is 1. The number of aliphatic imine (C=N–C) groups is 1. The van der Waals surface area contributed by atoms with Gasteiger partial charge in [-0.1, -0.05) is 32.9 Å². The first kappa shape index (κ1) is 24.5. The van der Waals surface area contributed by atoms with Gasteiger partial charge in [0.2, 0.25) is 0 Å². The van der Waals surface area contributed by atoms with Crippen LogP contribution >= 0.6 is 24.0 Å². The Balaban J connectivity index is 0.00000392. The van der Waals surface area contributed by atoms with Crippen molar-refractivity contribution in [2.45, 2.75) is 39.0 Å². The zero-order chi connectivity index (χ0) is 19.9. The smallest absolute Gasteiger partial charge is 0.308 e. The SMILES string of the molecule is CN=C(NCCOc1ccc(C(C)(C)C)cc1)N1CCC(C(=O)OC)CC1.I. The van der Waals surface area contributed by atoms with Gasteiger partial charge in [0.15, 0.2) is 5.96 Å². The number of guanidine groups is 1. The Bertz CT molecular complexity index is 633. The van der Waals surface area contributed by atoms with E-state index < -0.39 is 0 Å². The maximum atomic E-state index is 11.6. The van der Waals surface area contributed by atoms with Crippen LogP contribution in [0.25, 0.3) is 0 Å². The summed E-state index contributed by atoms with van der Waals surface area (Å²) in [6.07, 6.45) is 1.59. The molecule has 0 bridgehead atoms. The Morgan fingerprint density at radius 3 is 2.32 bits per heavy atom. The molecule has 0 unspecified atom stereocenters. The number of hydrogen-bond acceptors (Lipinski definition) is 4. The Hall–Kier alpha value is -1.51. The van der Waals surface area contributed by atoms with Crippen LogP contribution in [0, 0.1) is 5.92 Å². The molecule has 1 N–H and O–H groups in total. The van der Waals surface area contributed by atoms with E-state index in [0.717, 1.165) is 37.6 Å². The van der Waals surface area contributed by atoms with Gasteiger partial charge >= 0.3 is 5.97 Å². The van der Waals surface area contributed by atoms with Crippen molar-refractivity contribution in [3.8, 4) is 5.75 Å². The number of ether oxygens (including phenoxy) is 2. The zero-order valence-electron chi connectivity index (χ0n) is 17.7. The van der Waals surface area contributed by atoms with Crippen molar-refractivity contribution >= 4 is 35.9 Å². The van der Waals surface area contributed by atoms with Crippen molar-refractivity contribution in [1.82, 2.24) is 10.2 Å². The van der Waals surface area contributed by atoms with Crippen molar-refractivity contribution < 1.29 is 14.3 Å². The summed E-state index contributed by atoms with van der Waals surface area (Å²) in [5, 5.41) is 3.34. The van der Waals surface area contributed by atoms with Crippen LogP contribution in [0.4, 0.5) is 0 Å². The highest BCUT2D eigenvalue weighted by Gasteiger charge is 2.26. The minimum atomic E-state index is -0.108. The van der Waals surface area contributed by atoms with E-state index in [1.807, 2.05) is 12.1 Å². The van der Waals surface area contributed by atoms with Gasteiger partial charge in [-0.15, -0.1) is 24.0 Å². The highest BCUT2D eigenvalue weighted by atomic mass is 127. The number of methoxy groups -OCH3 is 1. The van der Waals surface area contributed by atoms with E-state index in [4.69, 9.17) is 9.47 Å². The first-order valence-corrected chi connectivity index (χ1v) is 9.62. The number of likely N-dealkylation sites (tertiary alicyclic amines) is 1. The van der Waals surface area contributed by atoms with Crippen LogP contribution in [-0.4, -0.2) is 57.2 Å². The molecule has 0 saturated carbocycles. The molecular weight excluding hydrogens is 469 g/mol. The summed E-state index contributed by atoms with van der Waals surface area (Å²) in [4.78, 5) is 18.2. The molecule has 1 fully saturated rings. The van der Waals surface area contributed by atoms with Crippen LogP contribution in [0.2, 0.25) is 0 Å². The molecule has 0 amide bonds. The lowest BCUT2D eigenvalue weighted by molar-refractivity contribution is -0.146. The molecule has 0 radical (unpaired) electrons. The van der Waals surface area contributed by atoms with E-state index in [0.29, 0.717) is 13.2 Å². The monoisotopic (exact) mass is 503 g/mol.